The van der Waals surface area contributed by atoms with Gasteiger partial charge in [-0.1, -0.05) is 19.9 Å². The molecule has 20 heavy (non-hydrogen) atoms. The molecule has 5 heteroatoms. The lowest BCUT2D eigenvalue weighted by Crippen LogP contribution is -2.29. The van der Waals surface area contributed by atoms with E-state index in [1.54, 1.807) is 17.4 Å². The number of hydrogen-bond acceptors (Lipinski definition) is 3. The number of nitrogen functional groups attached to an aromatic ring is 1. The number of carbonyl (C=O) groups is 1. The fourth-order valence-corrected chi connectivity index (χ4v) is 3.11. The standard InChI is InChI=1S/C15H21N3OS/c1-3-7-18-10-11(16)9-13(18)15(19)17-12(4-2)14-6-5-8-20-14/h5-6,8-10,12H,3-4,7,16H2,1-2H3,(H,17,19). The Labute approximate surface area is 123 Å². The Balaban J connectivity index is 2.15. The highest BCUT2D eigenvalue weighted by Gasteiger charge is 2.18. The third-order valence-electron chi connectivity index (χ3n) is 3.22. The van der Waals surface area contributed by atoms with E-state index in [9.17, 15) is 4.79 Å². The van der Waals surface area contributed by atoms with Crippen molar-refractivity contribution in [3.8, 4) is 0 Å². The summed E-state index contributed by atoms with van der Waals surface area (Å²) >= 11 is 1.67. The number of anilines is 1. The van der Waals surface area contributed by atoms with E-state index in [2.05, 4.69) is 25.2 Å². The number of amides is 1. The van der Waals surface area contributed by atoms with Crippen LogP contribution in [0.5, 0.6) is 0 Å². The molecule has 1 unspecified atom stereocenters. The molecule has 0 aromatic carbocycles. The number of nitrogens with two attached hydrogens (primary N) is 1. The predicted molar refractivity (Wildman–Crippen MR) is 84.0 cm³/mol. The van der Waals surface area contributed by atoms with Crippen molar-refractivity contribution in [2.75, 3.05) is 5.73 Å². The van der Waals surface area contributed by atoms with Crippen molar-refractivity contribution in [2.45, 2.75) is 39.3 Å². The van der Waals surface area contributed by atoms with E-state index in [0.29, 0.717) is 11.4 Å². The molecular weight excluding hydrogens is 270 g/mol. The number of nitrogens with one attached hydrogen (secondary N) is 1. The number of thiophene rings is 1. The molecule has 0 aliphatic rings. The molecule has 1 atom stereocenters. The summed E-state index contributed by atoms with van der Waals surface area (Å²) in [7, 11) is 0. The van der Waals surface area contributed by atoms with Gasteiger partial charge in [-0.25, -0.2) is 0 Å². The van der Waals surface area contributed by atoms with Gasteiger partial charge in [-0.05, 0) is 30.4 Å². The van der Waals surface area contributed by atoms with E-state index >= 15 is 0 Å². The number of carbonyl (C=O) groups excluding carboxylic acids is 1. The van der Waals surface area contributed by atoms with Crippen LogP contribution >= 0.6 is 11.3 Å². The molecule has 108 valence electrons. The molecule has 0 spiro atoms. The highest BCUT2D eigenvalue weighted by atomic mass is 32.1. The van der Waals surface area contributed by atoms with Gasteiger partial charge in [0, 0.05) is 17.6 Å². The molecule has 4 nitrogen and oxygen atoms in total. The Morgan fingerprint density at radius 2 is 2.30 bits per heavy atom. The normalized spacial score (nSPS) is 12.3. The largest absolute Gasteiger partial charge is 0.397 e. The van der Waals surface area contributed by atoms with Crippen molar-refractivity contribution in [1.82, 2.24) is 9.88 Å². The van der Waals surface area contributed by atoms with Gasteiger partial charge >= 0.3 is 0 Å². The lowest BCUT2D eigenvalue weighted by molar-refractivity contribution is 0.0926. The molecule has 2 aromatic rings. The summed E-state index contributed by atoms with van der Waals surface area (Å²) in [5.41, 5.74) is 7.08. The third-order valence-corrected chi connectivity index (χ3v) is 4.20. The summed E-state index contributed by atoms with van der Waals surface area (Å²) in [5.74, 6) is -0.0598. The number of aryl methyl sites for hydroxylation is 1. The van der Waals surface area contributed by atoms with Crippen LogP contribution in [0.4, 0.5) is 5.69 Å². The van der Waals surface area contributed by atoms with Crippen LogP contribution in [-0.2, 0) is 6.54 Å². The maximum absolute atomic E-state index is 12.4. The van der Waals surface area contributed by atoms with Gasteiger partial charge in [0.2, 0.25) is 0 Å². The first-order valence-corrected chi connectivity index (χ1v) is 7.83. The van der Waals surface area contributed by atoms with Crippen LogP contribution in [0.3, 0.4) is 0 Å². The van der Waals surface area contributed by atoms with Gasteiger partial charge in [0.05, 0.1) is 11.7 Å². The maximum atomic E-state index is 12.4. The second-order valence-electron chi connectivity index (χ2n) is 4.80. The van der Waals surface area contributed by atoms with Gasteiger partial charge in [-0.15, -0.1) is 11.3 Å². The monoisotopic (exact) mass is 291 g/mol. The zero-order valence-electron chi connectivity index (χ0n) is 11.9. The van der Waals surface area contributed by atoms with Gasteiger partial charge in [-0.2, -0.15) is 0 Å². The zero-order valence-corrected chi connectivity index (χ0v) is 12.7. The predicted octanol–water partition coefficient (Wildman–Crippen LogP) is 3.42. The number of rotatable bonds is 6. The minimum Gasteiger partial charge on any atom is -0.397 e. The Hall–Kier alpha value is -1.75. The zero-order chi connectivity index (χ0) is 14.5. The average Bonchev–Trinajstić information content (AvgIpc) is 3.06. The Morgan fingerprint density at radius 3 is 2.90 bits per heavy atom. The second kappa shape index (κ2) is 6.61. The molecule has 0 bridgehead atoms. The van der Waals surface area contributed by atoms with Gasteiger partial charge < -0.3 is 15.6 Å². The molecule has 0 aliphatic carbocycles. The average molecular weight is 291 g/mol. The summed E-state index contributed by atoms with van der Waals surface area (Å²) in [6.45, 7) is 4.96. The van der Waals surface area contributed by atoms with Crippen LogP contribution in [0.25, 0.3) is 0 Å². The molecule has 0 aliphatic heterocycles. The van der Waals surface area contributed by atoms with Gasteiger partial charge in [0.15, 0.2) is 0 Å². The first kappa shape index (κ1) is 14.7. The van der Waals surface area contributed by atoms with E-state index in [4.69, 9.17) is 5.73 Å². The highest BCUT2D eigenvalue weighted by Crippen LogP contribution is 2.22. The highest BCUT2D eigenvalue weighted by molar-refractivity contribution is 7.10. The summed E-state index contributed by atoms with van der Waals surface area (Å²) in [5, 5.41) is 5.12. The van der Waals surface area contributed by atoms with Crippen LogP contribution in [0.1, 0.15) is 48.1 Å². The molecule has 1 amide bonds. The van der Waals surface area contributed by atoms with E-state index in [1.165, 1.54) is 4.88 Å². The number of hydrogen-bond donors (Lipinski definition) is 2. The smallest absolute Gasteiger partial charge is 0.268 e. The molecule has 3 N–H and O–H groups in total. The van der Waals surface area contributed by atoms with Crippen LogP contribution in [0, 0.1) is 0 Å². The van der Waals surface area contributed by atoms with Crippen molar-refractivity contribution in [1.29, 1.82) is 0 Å². The molecule has 0 saturated carbocycles. The van der Waals surface area contributed by atoms with Crippen LogP contribution in [0.2, 0.25) is 0 Å². The SMILES string of the molecule is CCCn1cc(N)cc1C(=O)NC(CC)c1cccs1. The third kappa shape index (κ3) is 3.22. The Kier molecular flexibility index (Phi) is 4.84. The van der Waals surface area contributed by atoms with Crippen molar-refractivity contribution in [2.24, 2.45) is 0 Å². The number of nitrogens with zero attached hydrogens (tertiary/aromatic N) is 1. The molecule has 2 heterocycles. The van der Waals surface area contributed by atoms with Crippen molar-refractivity contribution in [3.05, 3.63) is 40.3 Å². The van der Waals surface area contributed by atoms with Crippen LogP contribution in [-0.4, -0.2) is 10.5 Å². The minimum absolute atomic E-state index is 0.0598. The van der Waals surface area contributed by atoms with E-state index in [0.717, 1.165) is 19.4 Å². The topological polar surface area (TPSA) is 60.0 Å². The van der Waals surface area contributed by atoms with Crippen molar-refractivity contribution < 1.29 is 4.79 Å². The maximum Gasteiger partial charge on any atom is 0.268 e. The fraction of sp³-hybridized carbons (Fsp3) is 0.400. The van der Waals surface area contributed by atoms with Crippen LogP contribution in [0.15, 0.2) is 29.8 Å². The molecule has 0 fully saturated rings. The summed E-state index contributed by atoms with van der Waals surface area (Å²) in [4.78, 5) is 13.6. The quantitative estimate of drug-likeness (QED) is 0.856. The van der Waals surface area contributed by atoms with Crippen molar-refractivity contribution in [3.63, 3.8) is 0 Å². The van der Waals surface area contributed by atoms with Crippen molar-refractivity contribution >= 4 is 22.9 Å². The summed E-state index contributed by atoms with van der Waals surface area (Å²) in [6.07, 6.45) is 3.66. The van der Waals surface area contributed by atoms with E-state index in [1.807, 2.05) is 22.2 Å². The molecule has 0 saturated heterocycles. The first-order valence-electron chi connectivity index (χ1n) is 6.95. The van der Waals surface area contributed by atoms with E-state index in [-0.39, 0.29) is 11.9 Å². The Bertz CT molecular complexity index is 560. The summed E-state index contributed by atoms with van der Waals surface area (Å²) < 4.78 is 1.92. The van der Waals surface area contributed by atoms with Crippen LogP contribution < -0.4 is 11.1 Å². The molecule has 2 aromatic heterocycles. The van der Waals surface area contributed by atoms with Gasteiger partial charge in [0.25, 0.3) is 5.91 Å². The second-order valence-corrected chi connectivity index (χ2v) is 5.78. The fourth-order valence-electron chi connectivity index (χ4n) is 2.25. The molecule has 0 radical (unpaired) electrons. The van der Waals surface area contributed by atoms with Gasteiger partial charge in [-0.3, -0.25) is 4.79 Å². The molecular formula is C15H21N3OS. The summed E-state index contributed by atoms with van der Waals surface area (Å²) in [6, 6.07) is 5.87. The van der Waals surface area contributed by atoms with E-state index < -0.39 is 0 Å². The Morgan fingerprint density at radius 1 is 1.50 bits per heavy atom. The number of aromatic nitrogens is 1. The lowest BCUT2D eigenvalue weighted by Gasteiger charge is -2.16. The minimum atomic E-state index is -0.0598. The van der Waals surface area contributed by atoms with Gasteiger partial charge in [0.1, 0.15) is 5.69 Å². The first-order chi connectivity index (χ1) is 9.65. The molecule has 2 rings (SSSR count). The lowest BCUT2D eigenvalue weighted by atomic mass is 10.2.